The number of halogens is 7. The van der Waals surface area contributed by atoms with Crippen molar-refractivity contribution in [3.8, 4) is 0 Å². The number of hydrogen-bond acceptors (Lipinski definition) is 3. The van der Waals surface area contributed by atoms with Crippen LogP contribution in [0.2, 0.25) is 0 Å². The van der Waals surface area contributed by atoms with Crippen LogP contribution in [0.15, 0.2) is 0 Å². The molecule has 1 aromatic carbocycles. The predicted molar refractivity (Wildman–Crippen MR) is 122 cm³/mol. The fourth-order valence-electron chi connectivity index (χ4n) is 1.39. The van der Waals surface area contributed by atoms with Crippen LogP contribution >= 0.6 is 113 Å². The van der Waals surface area contributed by atoms with E-state index >= 15 is 0 Å². The lowest BCUT2D eigenvalue weighted by molar-refractivity contribution is -0.200. The van der Waals surface area contributed by atoms with Gasteiger partial charge < -0.3 is 9.84 Å². The number of rotatable bonds is 4. The summed E-state index contributed by atoms with van der Waals surface area (Å²) in [5, 5.41) is 8.65. The third-order valence-electron chi connectivity index (χ3n) is 2.79. The molecule has 0 aliphatic rings. The number of ether oxygens (including phenoxy) is 1. The summed E-state index contributed by atoms with van der Waals surface area (Å²) in [5.74, 6) is -7.52. The molecule has 0 amide bonds. The lowest BCUT2D eigenvalue weighted by atomic mass is 10.0. The van der Waals surface area contributed by atoms with Crippen LogP contribution in [0.1, 0.15) is 24.2 Å². The molecule has 0 aromatic heterocycles. The Morgan fingerprint density at radius 1 is 0.913 bits per heavy atom. The Bertz CT molecular complexity index is 662. The Morgan fingerprint density at radius 2 is 1.26 bits per heavy atom. The maximum absolute atomic E-state index is 13.7. The quantitative estimate of drug-likeness (QED) is 0.192. The maximum atomic E-state index is 13.7. The highest BCUT2D eigenvalue weighted by molar-refractivity contribution is 14.1. The van der Waals surface area contributed by atoms with E-state index in [2.05, 4.69) is 67.8 Å². The minimum absolute atomic E-state index is 0.162. The molecule has 0 aliphatic heterocycles. The summed E-state index contributed by atoms with van der Waals surface area (Å²) in [7, 11) is 0. The maximum Gasteiger partial charge on any atom is 0.380 e. The first kappa shape index (κ1) is 22.7. The summed E-state index contributed by atoms with van der Waals surface area (Å²) < 4.78 is 36.1. The van der Waals surface area contributed by atoms with Gasteiger partial charge in [-0.05, 0) is 127 Å². The van der Waals surface area contributed by atoms with Gasteiger partial charge in [0.25, 0.3) is 0 Å². The number of alkyl halides is 2. The van der Waals surface area contributed by atoms with Crippen LogP contribution in [0.3, 0.4) is 0 Å². The summed E-state index contributed by atoms with van der Waals surface area (Å²) >= 11 is 10.2. The van der Waals surface area contributed by atoms with Crippen LogP contribution in [0, 0.1) is 17.9 Å². The molecule has 4 nitrogen and oxygen atoms in total. The minimum atomic E-state index is -4.21. The van der Waals surface area contributed by atoms with Crippen molar-refractivity contribution in [3.05, 3.63) is 23.4 Å². The monoisotopic (exact) mass is 888 g/mol. The topological polar surface area (TPSA) is 63.6 Å². The Morgan fingerprint density at radius 3 is 1.61 bits per heavy atom. The molecular formula is C12H7F2I5O4. The van der Waals surface area contributed by atoms with E-state index in [4.69, 9.17) is 9.84 Å². The Hall–Kier alpha value is 1.67. The second-order valence-corrected chi connectivity index (χ2v) is 10.1. The number of carbonyl (C=O) groups is 2. The number of hydrogen-bond donors (Lipinski definition) is 1. The smallest absolute Gasteiger partial charge is 0.380 e. The second kappa shape index (κ2) is 8.13. The van der Waals surface area contributed by atoms with Crippen LogP contribution < -0.4 is 0 Å². The van der Waals surface area contributed by atoms with Gasteiger partial charge in [-0.2, -0.15) is 8.78 Å². The molecule has 1 rings (SSSR count). The molecule has 0 fully saturated rings. The molecular weight excluding hydrogens is 881 g/mol. The minimum Gasteiger partial charge on any atom is -0.477 e. The van der Waals surface area contributed by atoms with Gasteiger partial charge in [-0.1, -0.05) is 0 Å². The van der Waals surface area contributed by atoms with E-state index in [9.17, 15) is 18.4 Å². The summed E-state index contributed by atoms with van der Waals surface area (Å²) in [6.45, 7) is 1.75. The molecule has 0 radical (unpaired) electrons. The molecule has 1 aromatic rings. The van der Waals surface area contributed by atoms with Crippen molar-refractivity contribution in [3.63, 3.8) is 0 Å². The Kier molecular flexibility index (Phi) is 8.03. The molecule has 23 heavy (non-hydrogen) atoms. The van der Waals surface area contributed by atoms with Crippen molar-refractivity contribution in [2.45, 2.75) is 25.4 Å². The van der Waals surface area contributed by atoms with E-state index < -0.39 is 23.5 Å². The van der Waals surface area contributed by atoms with Crippen molar-refractivity contribution in [2.24, 2.45) is 0 Å². The van der Waals surface area contributed by atoms with Crippen molar-refractivity contribution in [1.29, 1.82) is 0 Å². The number of carbonyl (C=O) groups excluding carboxylic acids is 1. The zero-order chi connectivity index (χ0) is 18.3. The molecule has 0 saturated heterocycles. The first-order valence-corrected chi connectivity index (χ1v) is 11.0. The fourth-order valence-corrected chi connectivity index (χ4v) is 6.59. The van der Waals surface area contributed by atoms with Gasteiger partial charge in [-0.3, -0.25) is 0 Å². The van der Waals surface area contributed by atoms with E-state index in [1.54, 1.807) is 0 Å². The lowest BCUT2D eigenvalue weighted by Gasteiger charge is -2.30. The van der Waals surface area contributed by atoms with Gasteiger partial charge in [-0.25, -0.2) is 9.59 Å². The Balaban J connectivity index is 3.36. The standard InChI is InChI=1S/C12H7F2I5O4/c1-11(2,12(13,14)10(21)22)23-9(20)3-4(15)6(17)8(19)7(18)5(3)16/h1-2H3,(H,21,22). The van der Waals surface area contributed by atoms with E-state index in [0.717, 1.165) is 24.6 Å². The molecule has 0 atom stereocenters. The SMILES string of the molecule is CC(C)(OC(=O)c1c(I)c(I)c(I)c(I)c1I)C(F)(F)C(=O)O. The highest BCUT2D eigenvalue weighted by atomic mass is 127. The van der Waals surface area contributed by atoms with Crippen LogP contribution in [-0.4, -0.2) is 28.6 Å². The zero-order valence-corrected chi connectivity index (χ0v) is 22.1. The highest BCUT2D eigenvalue weighted by Crippen LogP contribution is 2.37. The van der Waals surface area contributed by atoms with Crippen molar-refractivity contribution >= 4 is 125 Å². The van der Waals surface area contributed by atoms with Gasteiger partial charge >= 0.3 is 17.9 Å². The number of carboxylic acid groups (broad SMARTS) is 1. The normalized spacial score (nSPS) is 12.2. The summed E-state index contributed by atoms with van der Waals surface area (Å²) in [5.41, 5.74) is -2.32. The largest absolute Gasteiger partial charge is 0.477 e. The van der Waals surface area contributed by atoms with Gasteiger partial charge in [0.15, 0.2) is 5.60 Å². The van der Waals surface area contributed by atoms with Gasteiger partial charge in [0.05, 0.1) is 5.56 Å². The molecule has 0 heterocycles. The second-order valence-electron chi connectivity index (χ2n) is 4.72. The number of esters is 1. The molecule has 0 aliphatic carbocycles. The van der Waals surface area contributed by atoms with Gasteiger partial charge in [0.2, 0.25) is 0 Å². The molecule has 128 valence electrons. The summed E-state index contributed by atoms with van der Waals surface area (Å²) in [6, 6.07) is 0. The van der Waals surface area contributed by atoms with Crippen LogP contribution in [0.25, 0.3) is 0 Å². The predicted octanol–water partition coefficient (Wildman–Crippen LogP) is 5.36. The average Bonchev–Trinajstić information content (AvgIpc) is 2.42. The molecule has 0 saturated carbocycles. The van der Waals surface area contributed by atoms with Crippen LogP contribution in [0.5, 0.6) is 0 Å². The number of benzene rings is 1. The van der Waals surface area contributed by atoms with E-state index in [1.807, 2.05) is 45.2 Å². The third-order valence-corrected chi connectivity index (χ3v) is 12.3. The number of aliphatic carboxylic acids is 1. The first-order chi connectivity index (χ1) is 10.3. The van der Waals surface area contributed by atoms with Crippen LogP contribution in [0.4, 0.5) is 8.78 Å². The molecule has 0 bridgehead atoms. The highest BCUT2D eigenvalue weighted by Gasteiger charge is 2.57. The first-order valence-electron chi connectivity index (χ1n) is 5.61. The molecule has 11 heteroatoms. The van der Waals surface area contributed by atoms with Crippen molar-refractivity contribution in [1.82, 2.24) is 0 Å². The van der Waals surface area contributed by atoms with Crippen LogP contribution in [-0.2, 0) is 9.53 Å². The molecule has 0 unspecified atom stereocenters. The lowest BCUT2D eigenvalue weighted by Crippen LogP contribution is -2.52. The van der Waals surface area contributed by atoms with Crippen molar-refractivity contribution < 1.29 is 28.2 Å². The number of carboxylic acids is 1. The average molecular weight is 888 g/mol. The summed E-state index contributed by atoms with van der Waals surface area (Å²) in [6.07, 6.45) is 0. The summed E-state index contributed by atoms with van der Waals surface area (Å²) in [4.78, 5) is 23.1. The molecule has 1 N–H and O–H groups in total. The van der Waals surface area contributed by atoms with E-state index in [-0.39, 0.29) is 5.56 Å². The van der Waals surface area contributed by atoms with E-state index in [0.29, 0.717) is 7.14 Å². The van der Waals surface area contributed by atoms with Gasteiger partial charge in [-0.15, -0.1) is 0 Å². The zero-order valence-electron chi connectivity index (χ0n) is 11.3. The Labute approximate surface area is 198 Å². The fraction of sp³-hybridized carbons (Fsp3) is 0.333. The van der Waals surface area contributed by atoms with Crippen molar-refractivity contribution in [2.75, 3.05) is 0 Å². The van der Waals surface area contributed by atoms with Gasteiger partial charge in [0.1, 0.15) is 0 Å². The van der Waals surface area contributed by atoms with E-state index in [1.165, 1.54) is 0 Å². The van der Waals surface area contributed by atoms with Gasteiger partial charge in [0, 0.05) is 17.9 Å². The third kappa shape index (κ3) is 4.51. The molecule has 0 spiro atoms.